The van der Waals surface area contributed by atoms with Crippen molar-refractivity contribution in [1.82, 2.24) is 25.4 Å². The highest BCUT2D eigenvalue weighted by atomic mass is 15.3. The summed E-state index contributed by atoms with van der Waals surface area (Å²) in [5.74, 6) is 3.17. The van der Waals surface area contributed by atoms with Crippen LogP contribution in [0.1, 0.15) is 79.8 Å². The lowest BCUT2D eigenvalue weighted by atomic mass is 9.89. The van der Waals surface area contributed by atoms with Crippen LogP contribution in [-0.2, 0) is 32.2 Å². The van der Waals surface area contributed by atoms with Crippen LogP contribution in [0.3, 0.4) is 0 Å². The average Bonchev–Trinajstić information content (AvgIpc) is 3.01. The topological polar surface area (TPSA) is 67.1 Å². The van der Waals surface area contributed by atoms with Crippen molar-refractivity contribution in [2.45, 2.75) is 83.7 Å². The van der Waals surface area contributed by atoms with Crippen molar-refractivity contribution in [2.75, 3.05) is 13.6 Å². The van der Waals surface area contributed by atoms with Gasteiger partial charge in [0.25, 0.3) is 0 Å². The standard InChI is InChI=1S/C24H36N6/c1-18(20-14-13-19-9-5-6-10-21(19)17-20)27-24(25-2)26-15-8-12-23-29-28-22-11-4-3-7-16-30(22)23/h13-14,17-18H,3-12,15-16H2,1-2H3,(H2,25,26,27). The fourth-order valence-electron chi connectivity index (χ4n) is 4.69. The largest absolute Gasteiger partial charge is 0.356 e. The minimum Gasteiger partial charge on any atom is -0.356 e. The smallest absolute Gasteiger partial charge is 0.191 e. The normalized spacial score (nSPS) is 17.6. The van der Waals surface area contributed by atoms with E-state index in [9.17, 15) is 0 Å². The second-order valence-corrected chi connectivity index (χ2v) is 8.70. The fraction of sp³-hybridized carbons (Fsp3) is 0.625. The molecule has 1 aliphatic carbocycles. The van der Waals surface area contributed by atoms with Gasteiger partial charge in [-0.1, -0.05) is 24.6 Å². The maximum absolute atomic E-state index is 4.44. The number of benzene rings is 1. The van der Waals surface area contributed by atoms with Crippen LogP contribution in [0, 0.1) is 0 Å². The van der Waals surface area contributed by atoms with E-state index in [2.05, 4.69) is 55.5 Å². The molecule has 1 unspecified atom stereocenters. The van der Waals surface area contributed by atoms with Crippen molar-refractivity contribution in [3.8, 4) is 0 Å². The molecule has 2 aliphatic rings. The maximum Gasteiger partial charge on any atom is 0.191 e. The summed E-state index contributed by atoms with van der Waals surface area (Å²) >= 11 is 0. The predicted octanol–water partition coefficient (Wildman–Crippen LogP) is 3.74. The van der Waals surface area contributed by atoms with Gasteiger partial charge in [-0.15, -0.1) is 10.2 Å². The zero-order valence-corrected chi connectivity index (χ0v) is 18.6. The zero-order chi connectivity index (χ0) is 20.8. The first-order valence-corrected chi connectivity index (χ1v) is 11.7. The third-order valence-corrected chi connectivity index (χ3v) is 6.51. The fourth-order valence-corrected chi connectivity index (χ4v) is 4.69. The van der Waals surface area contributed by atoms with Crippen LogP contribution in [0.15, 0.2) is 23.2 Å². The van der Waals surface area contributed by atoms with Crippen LogP contribution in [-0.4, -0.2) is 34.3 Å². The van der Waals surface area contributed by atoms with Crippen molar-refractivity contribution in [1.29, 1.82) is 0 Å². The van der Waals surface area contributed by atoms with E-state index in [4.69, 9.17) is 0 Å². The van der Waals surface area contributed by atoms with Gasteiger partial charge in [0.2, 0.25) is 0 Å². The van der Waals surface area contributed by atoms with Crippen LogP contribution in [0.4, 0.5) is 0 Å². The lowest BCUT2D eigenvalue weighted by molar-refractivity contribution is 0.592. The Morgan fingerprint density at radius 2 is 1.90 bits per heavy atom. The van der Waals surface area contributed by atoms with Crippen LogP contribution < -0.4 is 10.6 Å². The lowest BCUT2D eigenvalue weighted by Crippen LogP contribution is -2.39. The predicted molar refractivity (Wildman–Crippen MR) is 122 cm³/mol. The van der Waals surface area contributed by atoms with E-state index < -0.39 is 0 Å². The molecule has 0 saturated heterocycles. The van der Waals surface area contributed by atoms with Crippen molar-refractivity contribution in [3.63, 3.8) is 0 Å². The number of aromatic nitrogens is 3. The summed E-state index contributed by atoms with van der Waals surface area (Å²) in [5, 5.41) is 15.9. The van der Waals surface area contributed by atoms with Gasteiger partial charge in [0.15, 0.2) is 5.96 Å². The molecule has 30 heavy (non-hydrogen) atoms. The van der Waals surface area contributed by atoms with Crippen LogP contribution in [0.5, 0.6) is 0 Å². The minimum atomic E-state index is 0.232. The molecule has 0 bridgehead atoms. The molecule has 2 heterocycles. The number of nitrogens with one attached hydrogen (secondary N) is 2. The molecule has 0 saturated carbocycles. The second-order valence-electron chi connectivity index (χ2n) is 8.70. The Hall–Kier alpha value is -2.37. The van der Waals surface area contributed by atoms with E-state index in [0.29, 0.717) is 0 Å². The van der Waals surface area contributed by atoms with Crippen LogP contribution >= 0.6 is 0 Å². The second kappa shape index (κ2) is 10.1. The van der Waals surface area contributed by atoms with E-state index in [-0.39, 0.29) is 6.04 Å². The molecule has 1 aromatic heterocycles. The summed E-state index contributed by atoms with van der Waals surface area (Å²) in [6.07, 6.45) is 11.9. The third-order valence-electron chi connectivity index (χ3n) is 6.51. The summed E-state index contributed by atoms with van der Waals surface area (Å²) in [6.45, 7) is 4.16. The third kappa shape index (κ3) is 5.02. The minimum absolute atomic E-state index is 0.232. The Bertz CT molecular complexity index is 869. The summed E-state index contributed by atoms with van der Waals surface area (Å²) in [4.78, 5) is 4.42. The van der Waals surface area contributed by atoms with Crippen molar-refractivity contribution < 1.29 is 0 Å². The van der Waals surface area contributed by atoms with Gasteiger partial charge in [0.1, 0.15) is 11.6 Å². The molecular formula is C24H36N6. The molecule has 162 valence electrons. The highest BCUT2D eigenvalue weighted by Crippen LogP contribution is 2.24. The number of fused-ring (bicyclic) bond motifs is 2. The van der Waals surface area contributed by atoms with Crippen molar-refractivity contribution in [3.05, 3.63) is 46.5 Å². The molecule has 6 heteroatoms. The van der Waals surface area contributed by atoms with Crippen molar-refractivity contribution >= 4 is 5.96 Å². The molecule has 2 N–H and O–H groups in total. The molecule has 6 nitrogen and oxygen atoms in total. The number of aryl methyl sites for hydroxylation is 4. The van der Waals surface area contributed by atoms with E-state index in [1.54, 1.807) is 0 Å². The molecule has 0 fully saturated rings. The van der Waals surface area contributed by atoms with Crippen LogP contribution in [0.25, 0.3) is 0 Å². The molecule has 0 spiro atoms. The maximum atomic E-state index is 4.44. The molecule has 2 aromatic rings. The number of hydrogen-bond acceptors (Lipinski definition) is 3. The first kappa shape index (κ1) is 20.9. The number of guanidine groups is 1. The molecule has 4 rings (SSSR count). The number of rotatable bonds is 6. The summed E-state index contributed by atoms with van der Waals surface area (Å²) in [7, 11) is 1.84. The number of nitrogens with zero attached hydrogens (tertiary/aromatic N) is 4. The van der Waals surface area contributed by atoms with E-state index in [1.807, 2.05) is 7.05 Å². The van der Waals surface area contributed by atoms with Gasteiger partial charge < -0.3 is 15.2 Å². The van der Waals surface area contributed by atoms with Crippen LogP contribution in [0.2, 0.25) is 0 Å². The first-order valence-electron chi connectivity index (χ1n) is 11.7. The van der Waals surface area contributed by atoms with Crippen molar-refractivity contribution in [2.24, 2.45) is 4.99 Å². The number of aliphatic imine (C=N–C) groups is 1. The quantitative estimate of drug-likeness (QED) is 0.434. The van der Waals surface area contributed by atoms with Gasteiger partial charge >= 0.3 is 0 Å². The van der Waals surface area contributed by atoms with Gasteiger partial charge in [-0.05, 0) is 68.6 Å². The first-order chi connectivity index (χ1) is 14.7. The van der Waals surface area contributed by atoms with Gasteiger partial charge in [-0.2, -0.15) is 0 Å². The summed E-state index contributed by atoms with van der Waals surface area (Å²) in [5.41, 5.74) is 4.40. The summed E-state index contributed by atoms with van der Waals surface area (Å²) < 4.78 is 2.35. The molecule has 0 amide bonds. The average molecular weight is 409 g/mol. The molecule has 1 aliphatic heterocycles. The highest BCUT2D eigenvalue weighted by Gasteiger charge is 2.15. The van der Waals surface area contributed by atoms with E-state index >= 15 is 0 Å². The monoisotopic (exact) mass is 408 g/mol. The SMILES string of the molecule is CN=C(NCCCc1nnc2n1CCCCC2)NC(C)c1ccc2c(c1)CCCC2. The Labute approximate surface area is 180 Å². The Balaban J connectivity index is 1.26. The zero-order valence-electron chi connectivity index (χ0n) is 18.6. The molecule has 0 radical (unpaired) electrons. The molecule has 1 aromatic carbocycles. The van der Waals surface area contributed by atoms with Gasteiger partial charge in [-0.25, -0.2) is 0 Å². The number of hydrogen-bond donors (Lipinski definition) is 2. The van der Waals surface area contributed by atoms with E-state index in [0.717, 1.165) is 44.1 Å². The molecular weight excluding hydrogens is 372 g/mol. The highest BCUT2D eigenvalue weighted by molar-refractivity contribution is 5.80. The van der Waals surface area contributed by atoms with Gasteiger partial charge in [-0.3, -0.25) is 4.99 Å². The molecule has 1 atom stereocenters. The lowest BCUT2D eigenvalue weighted by Gasteiger charge is -2.21. The van der Waals surface area contributed by atoms with E-state index in [1.165, 1.54) is 67.5 Å². The summed E-state index contributed by atoms with van der Waals surface area (Å²) in [6, 6.07) is 7.21. The Kier molecular flexibility index (Phi) is 7.03. The van der Waals surface area contributed by atoms with Gasteiger partial charge in [0.05, 0.1) is 6.04 Å². The Morgan fingerprint density at radius 1 is 1.07 bits per heavy atom. The Morgan fingerprint density at radius 3 is 2.77 bits per heavy atom. The van der Waals surface area contributed by atoms with Gasteiger partial charge in [0, 0.05) is 33.0 Å².